The summed E-state index contributed by atoms with van der Waals surface area (Å²) in [5.74, 6) is 0.243. The molecule has 0 aromatic carbocycles. The highest BCUT2D eigenvalue weighted by atomic mass is 32.2. The molecule has 0 bridgehead atoms. The second kappa shape index (κ2) is 29.4. The number of phosphoric ester groups is 4. The smallest absolute Gasteiger partial charge is 0.382 e. The Kier molecular flexibility index (Phi) is 27.7. The molecule has 376 valence electrons. The van der Waals surface area contributed by atoms with E-state index < -0.39 is 105 Å². The number of rotatable bonds is 34. The van der Waals surface area contributed by atoms with Crippen molar-refractivity contribution in [1.82, 2.24) is 0 Å². The third-order valence-corrected chi connectivity index (χ3v) is 12.0. The van der Waals surface area contributed by atoms with E-state index in [0.29, 0.717) is 13.2 Å². The summed E-state index contributed by atoms with van der Waals surface area (Å²) in [6.45, 7) is 0.668. The van der Waals surface area contributed by atoms with Gasteiger partial charge in [-0.2, -0.15) is 11.8 Å². The molecular weight excluding hydrogens is 964 g/mol. The molecule has 8 N–H and O–H groups in total. The molecule has 63 heavy (non-hydrogen) atoms. The SMILES string of the molecule is COCCOCCO[C@@H]1[C@@H](OC)[C@@H](OCCSCCO[C@H]2[C@@H](OP(=O)(O)O)[C@H](OC)[C@@H](OC)[C@H](OP(=O)(O)O)[C@H]2OP(=O)(O)O)[C@@H](OC)[C@H](OCCOCCOC)[C@H]1OP(=O)(O)O. The lowest BCUT2D eigenvalue weighted by Crippen LogP contribution is -2.67. The van der Waals surface area contributed by atoms with Gasteiger partial charge in [0.15, 0.2) is 0 Å². The first-order valence-electron chi connectivity index (χ1n) is 18.8. The van der Waals surface area contributed by atoms with Crippen molar-refractivity contribution in [2.75, 3.05) is 120 Å². The van der Waals surface area contributed by atoms with Crippen LogP contribution in [0.2, 0.25) is 0 Å². The predicted molar refractivity (Wildman–Crippen MR) is 213 cm³/mol. The summed E-state index contributed by atoms with van der Waals surface area (Å²) < 4.78 is 135. The molecule has 2 fully saturated rings. The number of phosphoric acid groups is 4. The molecule has 2 saturated carbocycles. The Bertz CT molecular complexity index is 1420. The first-order valence-corrected chi connectivity index (χ1v) is 26.1. The first-order chi connectivity index (χ1) is 29.6. The van der Waals surface area contributed by atoms with Crippen LogP contribution in [0.25, 0.3) is 0 Å². The van der Waals surface area contributed by atoms with Crippen molar-refractivity contribution in [3.63, 3.8) is 0 Å². The van der Waals surface area contributed by atoms with E-state index >= 15 is 0 Å². The zero-order chi connectivity index (χ0) is 47.4. The highest BCUT2D eigenvalue weighted by Gasteiger charge is 2.59. The zero-order valence-electron chi connectivity index (χ0n) is 35.4. The molecule has 0 amide bonds. The van der Waals surface area contributed by atoms with Crippen molar-refractivity contribution in [3.05, 3.63) is 0 Å². The molecule has 0 heterocycles. The number of methoxy groups -OCH3 is 6. The van der Waals surface area contributed by atoms with Crippen molar-refractivity contribution < 1.29 is 132 Å². The Balaban J connectivity index is 2.30. The van der Waals surface area contributed by atoms with Gasteiger partial charge in [0, 0.05) is 54.2 Å². The van der Waals surface area contributed by atoms with E-state index in [2.05, 4.69) is 0 Å². The van der Waals surface area contributed by atoms with Crippen molar-refractivity contribution in [1.29, 1.82) is 0 Å². The van der Waals surface area contributed by atoms with Gasteiger partial charge in [0.1, 0.15) is 73.2 Å². The highest BCUT2D eigenvalue weighted by Crippen LogP contribution is 2.51. The van der Waals surface area contributed by atoms with Crippen LogP contribution in [0, 0.1) is 0 Å². The zero-order valence-corrected chi connectivity index (χ0v) is 39.7. The van der Waals surface area contributed by atoms with Crippen molar-refractivity contribution in [2.45, 2.75) is 73.2 Å². The minimum Gasteiger partial charge on any atom is -0.382 e. The van der Waals surface area contributed by atoms with Crippen molar-refractivity contribution >= 4 is 43.1 Å². The third-order valence-electron chi connectivity index (χ3n) is 9.03. The monoisotopic (exact) mass is 1030 g/mol. The topological polar surface area (TPSA) is 378 Å². The largest absolute Gasteiger partial charge is 0.470 e. The number of thioether (sulfide) groups is 1. The average molecular weight is 1030 g/mol. The van der Waals surface area contributed by atoms with Gasteiger partial charge in [0.05, 0.1) is 66.1 Å². The van der Waals surface area contributed by atoms with Gasteiger partial charge in [-0.3, -0.25) is 18.1 Å². The molecule has 28 nitrogen and oxygen atoms in total. The second-order valence-electron chi connectivity index (χ2n) is 13.2. The van der Waals surface area contributed by atoms with Crippen LogP contribution in [0.15, 0.2) is 0 Å². The van der Waals surface area contributed by atoms with E-state index in [4.69, 9.17) is 74.9 Å². The maximum Gasteiger partial charge on any atom is 0.470 e. The lowest BCUT2D eigenvalue weighted by atomic mass is 9.84. The van der Waals surface area contributed by atoms with E-state index in [1.807, 2.05) is 0 Å². The van der Waals surface area contributed by atoms with Gasteiger partial charge in [-0.05, 0) is 0 Å². The van der Waals surface area contributed by atoms with Crippen LogP contribution in [0.3, 0.4) is 0 Å². The van der Waals surface area contributed by atoms with Crippen LogP contribution in [-0.2, 0) is 93.2 Å². The van der Waals surface area contributed by atoms with Crippen LogP contribution in [0.1, 0.15) is 0 Å². The maximum atomic E-state index is 12.3. The lowest BCUT2D eigenvalue weighted by molar-refractivity contribution is -0.263. The van der Waals surface area contributed by atoms with Crippen LogP contribution in [-0.4, -0.2) is 233 Å². The standard InChI is InChI=1S/C30H62O28P4S/c1-43-7-9-49-11-13-51-24-21(47-5)23(22(48-6)25(29(24)57-61(37,38)39)52-14-12-50-10-8-44-2)53-15-17-63-18-16-54-26-27(55-59(31,32)33)19(45-3)20(46-4)28(56-60(34,35)36)30(26)58-62(40,41)42/h19-30H,7-18H2,1-6H3,(H2,31,32,33)(H2,34,35,36)(H2,37,38,39)(H2,40,41,42)/t19-,20-,21-,22+,23+,24+,25-,26+,27+,28+,29-,30+/m1/s1. The van der Waals surface area contributed by atoms with E-state index in [0.717, 1.165) is 14.2 Å². The molecule has 0 unspecified atom stereocenters. The van der Waals surface area contributed by atoms with Crippen LogP contribution in [0.5, 0.6) is 0 Å². The van der Waals surface area contributed by atoms with E-state index in [1.165, 1.54) is 40.2 Å². The Labute approximate surface area is 368 Å². The number of hydrogen-bond donors (Lipinski definition) is 8. The third kappa shape index (κ3) is 21.7. The fraction of sp³-hybridized carbons (Fsp3) is 1.00. The molecule has 0 spiro atoms. The highest BCUT2D eigenvalue weighted by molar-refractivity contribution is 7.99. The molecule has 0 aromatic heterocycles. The minimum absolute atomic E-state index is 0.0461. The van der Waals surface area contributed by atoms with Gasteiger partial charge in [-0.15, -0.1) is 0 Å². The Morgan fingerprint density at radius 3 is 0.889 bits per heavy atom. The summed E-state index contributed by atoms with van der Waals surface area (Å²) in [6, 6.07) is 0. The van der Waals surface area contributed by atoms with E-state index in [1.54, 1.807) is 0 Å². The van der Waals surface area contributed by atoms with Crippen LogP contribution in [0.4, 0.5) is 0 Å². The van der Waals surface area contributed by atoms with Gasteiger partial charge in [0.25, 0.3) is 0 Å². The summed E-state index contributed by atoms with van der Waals surface area (Å²) in [6.07, 6.45) is -18.4. The van der Waals surface area contributed by atoms with Gasteiger partial charge in [-0.1, -0.05) is 0 Å². The van der Waals surface area contributed by atoms with Crippen molar-refractivity contribution in [2.24, 2.45) is 0 Å². The van der Waals surface area contributed by atoms with Gasteiger partial charge >= 0.3 is 31.3 Å². The summed E-state index contributed by atoms with van der Waals surface area (Å²) in [4.78, 5) is 78.0. The second-order valence-corrected chi connectivity index (χ2v) is 19.2. The molecule has 0 aromatic rings. The molecule has 0 radical (unpaired) electrons. The number of ether oxygens (including phenoxy) is 12. The number of hydrogen-bond acceptors (Lipinski definition) is 21. The predicted octanol–water partition coefficient (Wildman–Crippen LogP) is -1.41. The summed E-state index contributed by atoms with van der Waals surface area (Å²) >= 11 is 1.18. The molecule has 2 rings (SSSR count). The fourth-order valence-electron chi connectivity index (χ4n) is 6.75. The van der Waals surface area contributed by atoms with E-state index in [9.17, 15) is 57.4 Å². The summed E-state index contributed by atoms with van der Waals surface area (Å²) in [7, 11) is -13.9. The van der Waals surface area contributed by atoms with Gasteiger partial charge in [0.2, 0.25) is 0 Å². The minimum atomic E-state index is -5.54. The molecule has 33 heteroatoms. The first kappa shape index (κ1) is 59.4. The van der Waals surface area contributed by atoms with Gasteiger partial charge in [-0.25, -0.2) is 18.3 Å². The molecule has 2 aliphatic carbocycles. The average Bonchev–Trinajstić information content (AvgIpc) is 3.17. The Morgan fingerprint density at radius 2 is 0.571 bits per heavy atom. The molecular formula is C30H62O28P4S. The molecule has 0 aliphatic heterocycles. The molecule has 2 aliphatic rings. The summed E-state index contributed by atoms with van der Waals surface area (Å²) in [5.41, 5.74) is 0. The maximum absolute atomic E-state index is 12.3. The van der Waals surface area contributed by atoms with Crippen LogP contribution < -0.4 is 0 Å². The summed E-state index contributed by atoms with van der Waals surface area (Å²) in [5, 5.41) is 0. The van der Waals surface area contributed by atoms with E-state index in [-0.39, 0.29) is 64.4 Å². The normalized spacial score (nSPS) is 29.9. The Hall–Kier alpha value is 0.310. The van der Waals surface area contributed by atoms with Crippen molar-refractivity contribution in [3.8, 4) is 0 Å². The van der Waals surface area contributed by atoms with Crippen LogP contribution >= 0.6 is 43.1 Å². The fourth-order valence-corrected chi connectivity index (χ4v) is 9.61. The Morgan fingerprint density at radius 1 is 0.333 bits per heavy atom. The lowest BCUT2D eigenvalue weighted by Gasteiger charge is -2.48. The quantitative estimate of drug-likeness (QED) is 0.0271. The molecule has 0 saturated heterocycles. The molecule has 12 atom stereocenters. The van der Waals surface area contributed by atoms with Gasteiger partial charge < -0.3 is 96.0 Å².